The highest BCUT2D eigenvalue weighted by molar-refractivity contribution is 5.66. The summed E-state index contributed by atoms with van der Waals surface area (Å²) in [6.45, 7) is 4.57. The van der Waals surface area contributed by atoms with Crippen LogP contribution in [-0.2, 0) is 0 Å². The molecule has 0 bridgehead atoms. The van der Waals surface area contributed by atoms with E-state index in [-0.39, 0.29) is 0 Å². The van der Waals surface area contributed by atoms with E-state index in [1.807, 2.05) is 18.2 Å². The second-order valence-corrected chi connectivity index (χ2v) is 5.55. The molecular weight excluding hydrogens is 236 g/mol. The van der Waals surface area contributed by atoms with Crippen molar-refractivity contribution in [2.24, 2.45) is 11.8 Å². The van der Waals surface area contributed by atoms with E-state index in [0.717, 1.165) is 11.4 Å². The van der Waals surface area contributed by atoms with Crippen molar-refractivity contribution < 1.29 is 4.74 Å². The number of nitrogens with zero attached hydrogens (tertiary/aromatic N) is 1. The van der Waals surface area contributed by atoms with Crippen molar-refractivity contribution in [3.8, 4) is 11.8 Å². The summed E-state index contributed by atoms with van der Waals surface area (Å²) in [7, 11) is 1.65. The highest BCUT2D eigenvalue weighted by Gasteiger charge is 2.28. The fourth-order valence-electron chi connectivity index (χ4n) is 3.08. The first-order valence-corrected chi connectivity index (χ1v) is 7.01. The number of para-hydroxylation sites is 1. The first-order valence-electron chi connectivity index (χ1n) is 7.01. The first kappa shape index (κ1) is 13.7. The summed E-state index contributed by atoms with van der Waals surface area (Å²) in [5, 5.41) is 12.8. The Balaban J connectivity index is 2.29. The number of anilines is 1. The van der Waals surface area contributed by atoms with Crippen LogP contribution < -0.4 is 10.1 Å². The molecule has 0 heterocycles. The van der Waals surface area contributed by atoms with Crippen LogP contribution in [0.15, 0.2) is 18.2 Å². The van der Waals surface area contributed by atoms with Crippen molar-refractivity contribution in [2.45, 2.75) is 39.2 Å². The van der Waals surface area contributed by atoms with Gasteiger partial charge in [0.25, 0.3) is 0 Å². The number of hydrogen-bond acceptors (Lipinski definition) is 3. The van der Waals surface area contributed by atoms with Crippen molar-refractivity contribution in [1.29, 1.82) is 5.26 Å². The zero-order valence-electron chi connectivity index (χ0n) is 11.9. The topological polar surface area (TPSA) is 45.0 Å². The smallest absolute Gasteiger partial charge is 0.143 e. The van der Waals surface area contributed by atoms with Crippen molar-refractivity contribution >= 4 is 5.69 Å². The standard InChI is InChI=1S/C16H22N2O/c1-11-6-4-7-12(2)15(11)18-16-13(10-17)8-5-9-14(16)19-3/h5,8-9,11-12,15,18H,4,6-7H2,1-3H3. The third-order valence-electron chi connectivity index (χ3n) is 4.22. The van der Waals surface area contributed by atoms with Crippen molar-refractivity contribution in [3.05, 3.63) is 23.8 Å². The third-order valence-corrected chi connectivity index (χ3v) is 4.22. The summed E-state index contributed by atoms with van der Waals surface area (Å²) in [5.74, 6) is 2.00. The van der Waals surface area contributed by atoms with Gasteiger partial charge in [0.05, 0.1) is 18.4 Å². The molecule has 102 valence electrons. The Bertz CT molecular complexity index is 468. The van der Waals surface area contributed by atoms with Crippen LogP contribution in [0.4, 0.5) is 5.69 Å². The predicted molar refractivity (Wildman–Crippen MR) is 77.3 cm³/mol. The molecule has 2 atom stereocenters. The monoisotopic (exact) mass is 258 g/mol. The van der Waals surface area contributed by atoms with Crippen LogP contribution in [0.25, 0.3) is 0 Å². The Kier molecular flexibility index (Phi) is 4.31. The van der Waals surface area contributed by atoms with E-state index in [1.54, 1.807) is 7.11 Å². The van der Waals surface area contributed by atoms with Crippen LogP contribution in [0.1, 0.15) is 38.7 Å². The van der Waals surface area contributed by atoms with Crippen molar-refractivity contribution in [1.82, 2.24) is 0 Å². The van der Waals surface area contributed by atoms with Gasteiger partial charge < -0.3 is 10.1 Å². The van der Waals surface area contributed by atoms with Gasteiger partial charge in [-0.15, -0.1) is 0 Å². The van der Waals surface area contributed by atoms with E-state index in [4.69, 9.17) is 4.74 Å². The minimum absolute atomic E-state index is 0.414. The number of hydrogen-bond donors (Lipinski definition) is 1. The van der Waals surface area contributed by atoms with Crippen LogP contribution in [0.2, 0.25) is 0 Å². The van der Waals surface area contributed by atoms with Gasteiger partial charge in [-0.3, -0.25) is 0 Å². The molecule has 3 heteroatoms. The molecule has 0 aliphatic heterocycles. The molecule has 0 amide bonds. The molecule has 19 heavy (non-hydrogen) atoms. The number of benzene rings is 1. The Labute approximate surface area is 115 Å². The van der Waals surface area contributed by atoms with Gasteiger partial charge in [-0.2, -0.15) is 5.26 Å². The summed E-state index contributed by atoms with van der Waals surface area (Å²) in [4.78, 5) is 0. The van der Waals surface area contributed by atoms with Gasteiger partial charge in [0.15, 0.2) is 0 Å². The lowest BCUT2D eigenvalue weighted by atomic mass is 9.78. The van der Waals surface area contributed by atoms with E-state index in [2.05, 4.69) is 25.2 Å². The summed E-state index contributed by atoms with van der Waals surface area (Å²) in [5.41, 5.74) is 1.50. The minimum atomic E-state index is 0.414. The van der Waals surface area contributed by atoms with Crippen molar-refractivity contribution in [2.75, 3.05) is 12.4 Å². The Morgan fingerprint density at radius 2 is 1.95 bits per heavy atom. The van der Waals surface area contributed by atoms with Gasteiger partial charge in [0.1, 0.15) is 11.8 Å². The molecule has 2 rings (SSSR count). The lowest BCUT2D eigenvalue weighted by Gasteiger charge is -2.36. The lowest BCUT2D eigenvalue weighted by Crippen LogP contribution is -2.37. The third kappa shape index (κ3) is 2.84. The molecule has 1 aliphatic rings. The zero-order chi connectivity index (χ0) is 13.8. The van der Waals surface area contributed by atoms with Gasteiger partial charge in [-0.1, -0.05) is 26.3 Å². The number of ether oxygens (including phenoxy) is 1. The van der Waals surface area contributed by atoms with E-state index >= 15 is 0 Å². The van der Waals surface area contributed by atoms with E-state index in [0.29, 0.717) is 23.4 Å². The Hall–Kier alpha value is -1.69. The average Bonchev–Trinajstić information content (AvgIpc) is 2.42. The zero-order valence-corrected chi connectivity index (χ0v) is 11.9. The maximum Gasteiger partial charge on any atom is 0.143 e. The number of methoxy groups -OCH3 is 1. The molecule has 1 aromatic carbocycles. The SMILES string of the molecule is COc1cccc(C#N)c1NC1C(C)CCCC1C. The fraction of sp³-hybridized carbons (Fsp3) is 0.562. The maximum atomic E-state index is 9.25. The van der Waals surface area contributed by atoms with Gasteiger partial charge in [-0.25, -0.2) is 0 Å². The van der Waals surface area contributed by atoms with Gasteiger partial charge in [-0.05, 0) is 36.8 Å². The molecule has 1 saturated carbocycles. The van der Waals surface area contributed by atoms with E-state index < -0.39 is 0 Å². The van der Waals surface area contributed by atoms with Crippen molar-refractivity contribution in [3.63, 3.8) is 0 Å². The molecular formula is C16H22N2O. The second kappa shape index (κ2) is 5.97. The summed E-state index contributed by atoms with van der Waals surface area (Å²) >= 11 is 0. The molecule has 0 saturated heterocycles. The van der Waals surface area contributed by atoms with Crippen LogP contribution in [0, 0.1) is 23.2 Å². The number of nitriles is 1. The molecule has 0 spiro atoms. The van der Waals surface area contributed by atoms with Gasteiger partial charge >= 0.3 is 0 Å². The molecule has 3 nitrogen and oxygen atoms in total. The Morgan fingerprint density at radius 1 is 1.26 bits per heavy atom. The highest BCUT2D eigenvalue weighted by Crippen LogP contribution is 2.35. The fourth-order valence-corrected chi connectivity index (χ4v) is 3.08. The molecule has 2 unspecified atom stereocenters. The first-order chi connectivity index (χ1) is 9.17. The quantitative estimate of drug-likeness (QED) is 0.896. The number of rotatable bonds is 3. The largest absolute Gasteiger partial charge is 0.495 e. The lowest BCUT2D eigenvalue weighted by molar-refractivity contribution is 0.267. The van der Waals surface area contributed by atoms with E-state index in [9.17, 15) is 5.26 Å². The second-order valence-electron chi connectivity index (χ2n) is 5.55. The average molecular weight is 258 g/mol. The van der Waals surface area contributed by atoms with Gasteiger partial charge in [0, 0.05) is 6.04 Å². The van der Waals surface area contributed by atoms with Gasteiger partial charge in [0.2, 0.25) is 0 Å². The van der Waals surface area contributed by atoms with Crippen LogP contribution >= 0.6 is 0 Å². The van der Waals surface area contributed by atoms with Crippen LogP contribution in [0.5, 0.6) is 5.75 Å². The summed E-state index contributed by atoms with van der Waals surface area (Å²) in [6, 6.07) is 8.26. The summed E-state index contributed by atoms with van der Waals surface area (Å²) < 4.78 is 5.39. The molecule has 1 aromatic rings. The molecule has 1 aliphatic carbocycles. The molecule has 1 fully saturated rings. The minimum Gasteiger partial charge on any atom is -0.495 e. The van der Waals surface area contributed by atoms with E-state index in [1.165, 1.54) is 19.3 Å². The summed E-state index contributed by atoms with van der Waals surface area (Å²) in [6.07, 6.45) is 3.80. The molecule has 0 radical (unpaired) electrons. The Morgan fingerprint density at radius 3 is 2.53 bits per heavy atom. The normalized spacial score (nSPS) is 26.5. The highest BCUT2D eigenvalue weighted by atomic mass is 16.5. The predicted octanol–water partition coefficient (Wildman–Crippen LogP) is 3.80. The molecule has 1 N–H and O–H groups in total. The molecule has 0 aromatic heterocycles. The maximum absolute atomic E-state index is 9.25. The van der Waals surface area contributed by atoms with Crippen LogP contribution in [0.3, 0.4) is 0 Å². The van der Waals surface area contributed by atoms with Crippen LogP contribution in [-0.4, -0.2) is 13.2 Å². The number of nitrogens with one attached hydrogen (secondary N) is 1.